The minimum Gasteiger partial charge on any atom is -0.356 e. The van der Waals surface area contributed by atoms with Crippen LogP contribution in [-0.2, 0) is 9.84 Å². The summed E-state index contributed by atoms with van der Waals surface area (Å²) in [7, 11) is -3.28. The molecule has 0 saturated carbocycles. The molecule has 1 heterocycles. The Morgan fingerprint density at radius 2 is 2.05 bits per heavy atom. The zero-order valence-electron chi connectivity index (χ0n) is 10.4. The van der Waals surface area contributed by atoms with Crippen molar-refractivity contribution in [3.05, 3.63) is 29.3 Å². The van der Waals surface area contributed by atoms with E-state index in [-0.39, 0.29) is 10.6 Å². The van der Waals surface area contributed by atoms with Gasteiger partial charge in [0.2, 0.25) is 0 Å². The van der Waals surface area contributed by atoms with E-state index in [4.69, 9.17) is 11.6 Å². The van der Waals surface area contributed by atoms with E-state index in [0.29, 0.717) is 17.5 Å². The third kappa shape index (κ3) is 4.11. The van der Waals surface area contributed by atoms with Crippen LogP contribution in [0, 0.1) is 0 Å². The molecule has 0 spiro atoms. The Bertz CT molecular complexity index is 555. The van der Waals surface area contributed by atoms with Crippen LogP contribution in [0.5, 0.6) is 0 Å². The molecule has 0 atom stereocenters. The van der Waals surface area contributed by atoms with Gasteiger partial charge in [0.05, 0.1) is 10.6 Å². The van der Waals surface area contributed by atoms with Crippen LogP contribution in [-0.4, -0.2) is 39.8 Å². The fourth-order valence-corrected chi connectivity index (χ4v) is 3.00. The van der Waals surface area contributed by atoms with Crippen molar-refractivity contribution in [2.24, 2.45) is 4.99 Å². The molecule has 1 aliphatic rings. The van der Waals surface area contributed by atoms with Gasteiger partial charge in [0.1, 0.15) is 0 Å². The zero-order chi connectivity index (χ0) is 13.7. The van der Waals surface area contributed by atoms with Gasteiger partial charge in [-0.05, 0) is 30.7 Å². The van der Waals surface area contributed by atoms with Gasteiger partial charge >= 0.3 is 0 Å². The average Bonchev–Trinajstić information content (AvgIpc) is 2.40. The molecule has 0 saturated heterocycles. The minimum atomic E-state index is -3.28. The molecule has 0 radical (unpaired) electrons. The van der Waals surface area contributed by atoms with Crippen molar-refractivity contribution in [2.75, 3.05) is 25.4 Å². The second-order valence-electron chi connectivity index (χ2n) is 4.21. The Kier molecular flexibility index (Phi) is 4.66. The van der Waals surface area contributed by atoms with Gasteiger partial charge in [0.25, 0.3) is 0 Å². The lowest BCUT2D eigenvalue weighted by Crippen LogP contribution is -2.42. The van der Waals surface area contributed by atoms with E-state index in [2.05, 4.69) is 15.6 Å². The lowest BCUT2D eigenvalue weighted by Gasteiger charge is -2.15. The van der Waals surface area contributed by atoms with Crippen molar-refractivity contribution >= 4 is 27.4 Å². The van der Waals surface area contributed by atoms with E-state index in [1.807, 2.05) is 0 Å². The predicted octanol–water partition coefficient (Wildman–Crippen LogP) is 1.05. The maximum absolute atomic E-state index is 12.0. The number of rotatable bonds is 4. The summed E-state index contributed by atoms with van der Waals surface area (Å²) < 4.78 is 24.1. The van der Waals surface area contributed by atoms with Crippen molar-refractivity contribution < 1.29 is 8.42 Å². The molecule has 0 bridgehead atoms. The summed E-state index contributed by atoms with van der Waals surface area (Å²) in [4.78, 5) is 4.50. The van der Waals surface area contributed by atoms with Crippen molar-refractivity contribution in [3.63, 3.8) is 0 Å². The van der Waals surface area contributed by atoms with E-state index in [0.717, 1.165) is 19.5 Å². The van der Waals surface area contributed by atoms with Crippen molar-refractivity contribution in [2.45, 2.75) is 11.3 Å². The van der Waals surface area contributed by atoms with Crippen molar-refractivity contribution in [3.8, 4) is 0 Å². The highest BCUT2D eigenvalue weighted by molar-refractivity contribution is 7.91. The number of guanidine groups is 1. The summed E-state index contributed by atoms with van der Waals surface area (Å²) >= 11 is 5.74. The molecule has 0 aromatic heterocycles. The Hall–Kier alpha value is -1.27. The SMILES string of the molecule is O=S(=O)(CCNC1=NCCCN1)c1ccc(Cl)cc1. The smallest absolute Gasteiger partial charge is 0.191 e. The maximum Gasteiger partial charge on any atom is 0.191 e. The first-order chi connectivity index (χ1) is 9.08. The van der Waals surface area contributed by atoms with Crippen LogP contribution in [0.15, 0.2) is 34.2 Å². The third-order valence-corrected chi connectivity index (χ3v) is 4.72. The molecule has 104 valence electrons. The zero-order valence-corrected chi connectivity index (χ0v) is 12.0. The molecule has 0 unspecified atom stereocenters. The van der Waals surface area contributed by atoms with Crippen molar-refractivity contribution in [1.82, 2.24) is 10.6 Å². The first-order valence-corrected chi connectivity index (χ1v) is 8.11. The van der Waals surface area contributed by atoms with Crippen LogP contribution in [0.4, 0.5) is 0 Å². The van der Waals surface area contributed by atoms with Crippen LogP contribution >= 0.6 is 11.6 Å². The monoisotopic (exact) mass is 301 g/mol. The summed E-state index contributed by atoms with van der Waals surface area (Å²) in [6.07, 6.45) is 1.01. The molecule has 7 heteroatoms. The number of nitrogens with one attached hydrogen (secondary N) is 2. The molecule has 2 rings (SSSR count). The molecule has 19 heavy (non-hydrogen) atoms. The Morgan fingerprint density at radius 3 is 2.68 bits per heavy atom. The van der Waals surface area contributed by atoms with Gasteiger partial charge in [-0.3, -0.25) is 4.99 Å². The van der Waals surface area contributed by atoms with Gasteiger partial charge in [-0.25, -0.2) is 8.42 Å². The van der Waals surface area contributed by atoms with Gasteiger partial charge in [-0.15, -0.1) is 0 Å². The highest BCUT2D eigenvalue weighted by Crippen LogP contribution is 2.15. The molecule has 1 aliphatic heterocycles. The second kappa shape index (κ2) is 6.25. The van der Waals surface area contributed by atoms with Gasteiger partial charge in [0, 0.05) is 24.7 Å². The van der Waals surface area contributed by atoms with Gasteiger partial charge in [-0.1, -0.05) is 11.6 Å². The van der Waals surface area contributed by atoms with Gasteiger partial charge in [0.15, 0.2) is 15.8 Å². The standard InChI is InChI=1S/C12H16ClN3O2S/c13-10-2-4-11(5-3-10)19(17,18)9-8-16-12-14-6-1-7-15-12/h2-5H,1,6-9H2,(H2,14,15,16). The Morgan fingerprint density at radius 1 is 1.32 bits per heavy atom. The summed E-state index contributed by atoms with van der Waals surface area (Å²) in [6.45, 7) is 1.98. The number of sulfone groups is 1. The third-order valence-electron chi connectivity index (χ3n) is 2.73. The van der Waals surface area contributed by atoms with Crippen LogP contribution in [0.3, 0.4) is 0 Å². The van der Waals surface area contributed by atoms with Crippen LogP contribution in [0.1, 0.15) is 6.42 Å². The summed E-state index contributed by atoms with van der Waals surface area (Å²) in [5, 5.41) is 6.60. The van der Waals surface area contributed by atoms with E-state index < -0.39 is 9.84 Å². The Balaban J connectivity index is 1.90. The summed E-state index contributed by atoms with van der Waals surface area (Å²) in [5.41, 5.74) is 0. The van der Waals surface area contributed by atoms with Crippen molar-refractivity contribution in [1.29, 1.82) is 0 Å². The maximum atomic E-state index is 12.0. The molecule has 5 nitrogen and oxygen atoms in total. The van der Waals surface area contributed by atoms with E-state index in [1.165, 1.54) is 12.1 Å². The normalized spacial score (nSPS) is 15.5. The topological polar surface area (TPSA) is 70.6 Å². The van der Waals surface area contributed by atoms with Crippen LogP contribution in [0.2, 0.25) is 5.02 Å². The highest BCUT2D eigenvalue weighted by Gasteiger charge is 2.14. The number of hydrogen-bond donors (Lipinski definition) is 2. The largest absolute Gasteiger partial charge is 0.356 e. The fraction of sp³-hybridized carbons (Fsp3) is 0.417. The molecule has 0 aliphatic carbocycles. The number of nitrogens with zero attached hydrogens (tertiary/aromatic N) is 1. The number of aliphatic imine (C=N–C) groups is 1. The summed E-state index contributed by atoms with van der Waals surface area (Å²) in [5.74, 6) is 0.701. The van der Waals surface area contributed by atoms with Gasteiger partial charge in [-0.2, -0.15) is 0 Å². The first kappa shape index (κ1) is 14.1. The molecular weight excluding hydrogens is 286 g/mol. The lowest BCUT2D eigenvalue weighted by atomic mass is 10.4. The first-order valence-electron chi connectivity index (χ1n) is 6.08. The molecule has 1 aromatic rings. The second-order valence-corrected chi connectivity index (χ2v) is 6.76. The predicted molar refractivity (Wildman–Crippen MR) is 76.4 cm³/mol. The molecule has 0 fully saturated rings. The number of halogens is 1. The molecule has 1 aromatic carbocycles. The molecular formula is C12H16ClN3O2S. The van der Waals surface area contributed by atoms with E-state index in [1.54, 1.807) is 12.1 Å². The highest BCUT2D eigenvalue weighted by atomic mass is 35.5. The molecule has 0 amide bonds. The lowest BCUT2D eigenvalue weighted by molar-refractivity contribution is 0.594. The summed E-state index contributed by atoms with van der Waals surface area (Å²) in [6, 6.07) is 6.20. The Labute approximate surface area is 118 Å². The van der Waals surface area contributed by atoms with Crippen LogP contribution < -0.4 is 10.6 Å². The molecule has 2 N–H and O–H groups in total. The minimum absolute atomic E-state index is 0.0231. The fourth-order valence-electron chi connectivity index (χ4n) is 1.71. The van der Waals surface area contributed by atoms with Crippen LogP contribution in [0.25, 0.3) is 0 Å². The van der Waals surface area contributed by atoms with E-state index >= 15 is 0 Å². The van der Waals surface area contributed by atoms with Gasteiger partial charge < -0.3 is 10.6 Å². The average molecular weight is 302 g/mol. The quantitative estimate of drug-likeness (QED) is 0.872. The number of benzene rings is 1. The number of hydrogen-bond acceptors (Lipinski definition) is 5. The van der Waals surface area contributed by atoms with E-state index in [9.17, 15) is 8.42 Å².